The van der Waals surface area contributed by atoms with Gasteiger partial charge >= 0.3 is 0 Å². The molecule has 1 atom stereocenters. The third-order valence-corrected chi connectivity index (χ3v) is 5.91. The summed E-state index contributed by atoms with van der Waals surface area (Å²) in [6.45, 7) is 7.14. The zero-order valence-corrected chi connectivity index (χ0v) is 20.6. The van der Waals surface area contributed by atoms with Crippen LogP contribution in [0.5, 0.6) is 11.5 Å². The molecule has 0 unspecified atom stereocenters. The maximum atomic E-state index is 13.7. The Morgan fingerprint density at radius 2 is 1.69 bits per heavy atom. The average Bonchev–Trinajstić information content (AvgIpc) is 3.29. The summed E-state index contributed by atoms with van der Waals surface area (Å²) in [6, 6.07) is 25.2. The predicted octanol–water partition coefficient (Wildman–Crippen LogP) is 6.14. The van der Waals surface area contributed by atoms with Crippen LogP contribution in [-0.2, 0) is 6.54 Å². The van der Waals surface area contributed by atoms with Gasteiger partial charge in [0.15, 0.2) is 0 Å². The number of imidazole rings is 1. The minimum absolute atomic E-state index is 0.180. The maximum absolute atomic E-state index is 13.7. The number of carbonyl (C=O) groups is 1. The van der Waals surface area contributed by atoms with E-state index in [2.05, 4.69) is 5.32 Å². The largest absolute Gasteiger partial charge is 0.497 e. The fraction of sp³-hybridized carbons (Fsp3) is 0.241. The third kappa shape index (κ3) is 5.22. The van der Waals surface area contributed by atoms with Crippen LogP contribution in [0.2, 0.25) is 0 Å². The molecule has 0 aliphatic rings. The summed E-state index contributed by atoms with van der Waals surface area (Å²) >= 11 is 0. The van der Waals surface area contributed by atoms with Gasteiger partial charge in [-0.25, -0.2) is 4.98 Å². The van der Waals surface area contributed by atoms with Crippen LogP contribution in [0, 0.1) is 0 Å². The summed E-state index contributed by atoms with van der Waals surface area (Å²) < 4.78 is 12.9. The van der Waals surface area contributed by atoms with Crippen LogP contribution in [0.15, 0.2) is 78.9 Å². The Hall–Kier alpha value is -4.06. The molecule has 0 saturated heterocycles. The van der Waals surface area contributed by atoms with Crippen molar-refractivity contribution in [3.05, 3.63) is 90.1 Å². The van der Waals surface area contributed by atoms with Gasteiger partial charge in [0.1, 0.15) is 28.7 Å². The van der Waals surface area contributed by atoms with Gasteiger partial charge in [0.25, 0.3) is 5.91 Å². The van der Waals surface area contributed by atoms with Crippen molar-refractivity contribution >= 4 is 5.91 Å². The molecule has 6 heteroatoms. The van der Waals surface area contributed by atoms with E-state index in [0.717, 1.165) is 34.0 Å². The Bertz CT molecular complexity index is 1280. The lowest BCUT2D eigenvalue weighted by molar-refractivity contribution is 0.0931. The first-order valence-electron chi connectivity index (χ1n) is 11.9. The fourth-order valence-corrected chi connectivity index (χ4v) is 4.13. The van der Waals surface area contributed by atoms with Gasteiger partial charge in [0.2, 0.25) is 0 Å². The minimum atomic E-state index is -0.217. The Kier molecular flexibility index (Phi) is 7.51. The topological polar surface area (TPSA) is 65.4 Å². The van der Waals surface area contributed by atoms with Crippen LogP contribution in [-0.4, -0.2) is 29.2 Å². The minimum Gasteiger partial charge on any atom is -0.497 e. The van der Waals surface area contributed by atoms with Crippen molar-refractivity contribution in [2.75, 3.05) is 13.7 Å². The van der Waals surface area contributed by atoms with Gasteiger partial charge in [-0.3, -0.25) is 4.79 Å². The molecular weight excluding hydrogens is 438 g/mol. The normalized spacial score (nSPS) is 11.7. The molecular formula is C29H31N3O3. The molecule has 6 nitrogen and oxygen atoms in total. The Labute approximate surface area is 206 Å². The first-order valence-corrected chi connectivity index (χ1v) is 11.9. The number of benzene rings is 3. The molecule has 0 radical (unpaired) electrons. The second kappa shape index (κ2) is 10.9. The molecule has 1 aromatic heterocycles. The number of nitrogens with zero attached hydrogens (tertiary/aromatic N) is 2. The van der Waals surface area contributed by atoms with Gasteiger partial charge in [0, 0.05) is 17.7 Å². The van der Waals surface area contributed by atoms with E-state index in [4.69, 9.17) is 14.5 Å². The third-order valence-electron chi connectivity index (χ3n) is 5.91. The second-order valence-corrected chi connectivity index (χ2v) is 8.17. The molecule has 3 aromatic carbocycles. The molecule has 0 fully saturated rings. The van der Waals surface area contributed by atoms with E-state index >= 15 is 0 Å². The van der Waals surface area contributed by atoms with Crippen molar-refractivity contribution in [3.63, 3.8) is 0 Å². The molecule has 0 spiro atoms. The monoisotopic (exact) mass is 469 g/mol. The quantitative estimate of drug-likeness (QED) is 0.320. The van der Waals surface area contributed by atoms with Crippen molar-refractivity contribution in [1.82, 2.24) is 14.9 Å². The highest BCUT2D eigenvalue weighted by atomic mass is 16.5. The molecule has 1 N–H and O–H groups in total. The summed E-state index contributed by atoms with van der Waals surface area (Å²) in [6.07, 6.45) is 0. The van der Waals surface area contributed by atoms with Gasteiger partial charge < -0.3 is 19.4 Å². The highest BCUT2D eigenvalue weighted by Gasteiger charge is 2.25. The van der Waals surface area contributed by atoms with Crippen molar-refractivity contribution in [3.8, 4) is 34.1 Å². The molecule has 0 saturated carbocycles. The van der Waals surface area contributed by atoms with Gasteiger partial charge in [-0.2, -0.15) is 0 Å². The zero-order valence-electron chi connectivity index (χ0n) is 20.6. The summed E-state index contributed by atoms with van der Waals surface area (Å²) in [5, 5.41) is 3.17. The Balaban J connectivity index is 1.77. The van der Waals surface area contributed by atoms with E-state index in [1.54, 1.807) is 7.11 Å². The summed E-state index contributed by atoms with van der Waals surface area (Å²) in [5.74, 6) is 2.12. The van der Waals surface area contributed by atoms with Gasteiger partial charge in [-0.05, 0) is 62.7 Å². The first kappa shape index (κ1) is 24.1. The summed E-state index contributed by atoms with van der Waals surface area (Å²) in [4.78, 5) is 18.7. The number of hydrogen-bond acceptors (Lipinski definition) is 4. The number of rotatable bonds is 9. The molecule has 4 aromatic rings. The SMILES string of the molecule is CCOc1ccc(-c2nc(-c3ccccc3)n(CC)c2C(=O)N[C@@H](C)c2cccc(OC)c2)cc1. The lowest BCUT2D eigenvalue weighted by Gasteiger charge is -2.17. The number of ether oxygens (including phenoxy) is 2. The molecule has 1 heterocycles. The van der Waals surface area contributed by atoms with Crippen LogP contribution in [0.4, 0.5) is 0 Å². The van der Waals surface area contributed by atoms with Gasteiger partial charge in [-0.15, -0.1) is 0 Å². The number of aromatic nitrogens is 2. The van der Waals surface area contributed by atoms with E-state index in [1.807, 2.05) is 104 Å². The van der Waals surface area contributed by atoms with Crippen molar-refractivity contribution in [2.24, 2.45) is 0 Å². The lowest BCUT2D eigenvalue weighted by atomic mass is 10.1. The number of hydrogen-bond donors (Lipinski definition) is 1. The van der Waals surface area contributed by atoms with Crippen LogP contribution >= 0.6 is 0 Å². The van der Waals surface area contributed by atoms with Crippen LogP contribution < -0.4 is 14.8 Å². The van der Waals surface area contributed by atoms with Crippen molar-refractivity contribution in [1.29, 1.82) is 0 Å². The second-order valence-electron chi connectivity index (χ2n) is 8.17. The van der Waals surface area contributed by atoms with Gasteiger partial charge in [-0.1, -0.05) is 42.5 Å². The number of carbonyl (C=O) groups excluding carboxylic acids is 1. The smallest absolute Gasteiger partial charge is 0.270 e. The molecule has 0 aliphatic heterocycles. The summed E-state index contributed by atoms with van der Waals surface area (Å²) in [7, 11) is 1.64. The van der Waals surface area contributed by atoms with Crippen LogP contribution in [0.1, 0.15) is 42.9 Å². The van der Waals surface area contributed by atoms with Crippen molar-refractivity contribution < 1.29 is 14.3 Å². The van der Waals surface area contributed by atoms with E-state index in [1.165, 1.54) is 0 Å². The van der Waals surface area contributed by atoms with Crippen molar-refractivity contribution in [2.45, 2.75) is 33.4 Å². The Morgan fingerprint density at radius 1 is 0.943 bits per heavy atom. The standard InChI is InChI=1S/C29H31N3O3/c1-5-32-27(29(33)30-20(3)23-13-10-14-25(19-23)34-4)26(21-15-17-24(18-16-21)35-6-2)31-28(32)22-11-8-7-9-12-22/h7-20H,5-6H2,1-4H3,(H,30,33)/t20-/m0/s1. The average molecular weight is 470 g/mol. The molecule has 4 rings (SSSR count). The highest BCUT2D eigenvalue weighted by Crippen LogP contribution is 2.31. The molecule has 0 aliphatic carbocycles. The van der Waals surface area contributed by atoms with E-state index in [9.17, 15) is 4.79 Å². The van der Waals surface area contributed by atoms with Crippen LogP contribution in [0.3, 0.4) is 0 Å². The van der Waals surface area contributed by atoms with Gasteiger partial charge in [0.05, 0.1) is 19.8 Å². The lowest BCUT2D eigenvalue weighted by Crippen LogP contribution is -2.29. The highest BCUT2D eigenvalue weighted by molar-refractivity contribution is 5.99. The van der Waals surface area contributed by atoms with Crippen LogP contribution in [0.25, 0.3) is 22.6 Å². The Morgan fingerprint density at radius 3 is 2.34 bits per heavy atom. The van der Waals surface area contributed by atoms with E-state index in [0.29, 0.717) is 24.5 Å². The van der Waals surface area contributed by atoms with E-state index in [-0.39, 0.29) is 11.9 Å². The predicted molar refractivity (Wildman–Crippen MR) is 139 cm³/mol. The number of amides is 1. The molecule has 180 valence electrons. The molecule has 1 amide bonds. The maximum Gasteiger partial charge on any atom is 0.270 e. The number of methoxy groups -OCH3 is 1. The molecule has 35 heavy (non-hydrogen) atoms. The number of nitrogens with one attached hydrogen (secondary N) is 1. The van der Waals surface area contributed by atoms with E-state index < -0.39 is 0 Å². The zero-order chi connectivity index (χ0) is 24.8. The molecule has 0 bridgehead atoms. The fourth-order valence-electron chi connectivity index (χ4n) is 4.13. The summed E-state index contributed by atoms with van der Waals surface area (Å²) in [5.41, 5.74) is 3.96. The first-order chi connectivity index (χ1) is 17.0.